The highest BCUT2D eigenvalue weighted by molar-refractivity contribution is 7.66. The van der Waals surface area contributed by atoms with Gasteiger partial charge in [-0.15, -0.1) is 0 Å². The van der Waals surface area contributed by atoms with E-state index in [4.69, 9.17) is 9.05 Å². The number of fused-ring (bicyclic) bond motifs is 1. The van der Waals surface area contributed by atoms with Crippen molar-refractivity contribution in [3.05, 3.63) is 65.7 Å². The van der Waals surface area contributed by atoms with Crippen LogP contribution in [-0.2, 0) is 9.09 Å². The number of aliphatic hydroxyl groups excluding tert-OH is 1. The lowest BCUT2D eigenvalue weighted by Crippen LogP contribution is -2.08. The van der Waals surface area contributed by atoms with Gasteiger partial charge in [0.15, 0.2) is 0 Å². The topological polar surface area (TPSA) is 55.8 Å². The second kappa shape index (κ2) is 4.82. The maximum Gasteiger partial charge on any atom is 0.414 e. The van der Waals surface area contributed by atoms with Crippen molar-refractivity contribution in [1.29, 1.82) is 0 Å². The molecule has 1 aliphatic heterocycles. The molecule has 2 aromatic carbocycles. The molecule has 3 rings (SSSR count). The van der Waals surface area contributed by atoms with Gasteiger partial charge in [0.2, 0.25) is 0 Å². The Morgan fingerprint density at radius 2 is 1.70 bits per heavy atom. The molecule has 1 N–H and O–H groups in total. The molecule has 0 fully saturated rings. The summed E-state index contributed by atoms with van der Waals surface area (Å²) in [7, 11) is -2.27. The Bertz CT molecular complexity index is 722. The summed E-state index contributed by atoms with van der Waals surface area (Å²) < 4.78 is 23.5. The Kier molecular flexibility index (Phi) is 3.13. The first-order valence-electron chi connectivity index (χ1n) is 6.10. The molecular weight excluding hydrogens is 275 g/mol. The third-order valence-electron chi connectivity index (χ3n) is 3.15. The smallest absolute Gasteiger partial charge is 0.414 e. The number of hydrogen-bond donors (Lipinski definition) is 1. The van der Waals surface area contributed by atoms with Crippen LogP contribution in [-0.4, -0.2) is 12.2 Å². The second-order valence-electron chi connectivity index (χ2n) is 4.33. The molecule has 2 aromatic rings. The van der Waals surface area contributed by atoms with E-state index in [0.717, 1.165) is 0 Å². The predicted molar refractivity (Wildman–Crippen MR) is 77.6 cm³/mol. The molecule has 5 heteroatoms. The summed E-state index contributed by atoms with van der Waals surface area (Å²) >= 11 is 0. The van der Waals surface area contributed by atoms with E-state index in [1.54, 1.807) is 48.5 Å². The van der Waals surface area contributed by atoms with Gasteiger partial charge in [-0.1, -0.05) is 42.5 Å². The SMILES string of the molecule is COP1(=O)Oc2ccccc2C(O)=C1c1ccccc1. The Balaban J connectivity index is 2.30. The van der Waals surface area contributed by atoms with Crippen molar-refractivity contribution >= 4 is 18.7 Å². The minimum Gasteiger partial charge on any atom is -0.506 e. The minimum absolute atomic E-state index is 0.0665. The van der Waals surface area contributed by atoms with Crippen LogP contribution in [0.1, 0.15) is 11.1 Å². The van der Waals surface area contributed by atoms with Crippen molar-refractivity contribution in [1.82, 2.24) is 0 Å². The zero-order valence-corrected chi connectivity index (χ0v) is 11.7. The molecule has 0 spiro atoms. The highest BCUT2D eigenvalue weighted by Gasteiger charge is 2.40. The van der Waals surface area contributed by atoms with Crippen molar-refractivity contribution in [3.8, 4) is 5.75 Å². The fourth-order valence-corrected chi connectivity index (χ4v) is 3.81. The summed E-state index contributed by atoms with van der Waals surface area (Å²) in [4.78, 5) is 0. The predicted octanol–water partition coefficient (Wildman–Crippen LogP) is 4.30. The van der Waals surface area contributed by atoms with Gasteiger partial charge in [-0.3, -0.25) is 4.52 Å². The van der Waals surface area contributed by atoms with Crippen molar-refractivity contribution in [3.63, 3.8) is 0 Å². The molecule has 0 radical (unpaired) electrons. The van der Waals surface area contributed by atoms with Crippen LogP contribution in [0.5, 0.6) is 5.75 Å². The Morgan fingerprint density at radius 1 is 1.05 bits per heavy atom. The standard InChI is InChI=1S/C15H13O4P/c1-18-20(17)15(11-7-3-2-4-8-11)14(16)12-9-5-6-10-13(12)19-20/h2-10,16H,1H3. The van der Waals surface area contributed by atoms with Gasteiger partial charge in [-0.2, -0.15) is 0 Å². The van der Waals surface area contributed by atoms with E-state index in [1.165, 1.54) is 7.11 Å². The first kappa shape index (κ1) is 13.0. The number of benzene rings is 2. The lowest BCUT2D eigenvalue weighted by molar-refractivity contribution is 0.331. The van der Waals surface area contributed by atoms with Gasteiger partial charge < -0.3 is 9.63 Å². The normalized spacial score (nSPS) is 21.2. The maximum atomic E-state index is 12.8. The molecule has 0 aliphatic carbocycles. The Morgan fingerprint density at radius 3 is 2.40 bits per heavy atom. The summed E-state index contributed by atoms with van der Waals surface area (Å²) in [5.74, 6) is 0.290. The monoisotopic (exact) mass is 288 g/mol. The minimum atomic E-state index is -3.59. The molecule has 0 saturated heterocycles. The van der Waals surface area contributed by atoms with E-state index < -0.39 is 7.60 Å². The zero-order valence-electron chi connectivity index (χ0n) is 10.8. The number of para-hydroxylation sites is 1. The molecule has 1 unspecified atom stereocenters. The van der Waals surface area contributed by atoms with Crippen molar-refractivity contribution in [2.75, 3.05) is 7.11 Å². The molecule has 0 aromatic heterocycles. The molecule has 0 bridgehead atoms. The van der Waals surface area contributed by atoms with Gasteiger partial charge >= 0.3 is 7.60 Å². The van der Waals surface area contributed by atoms with Gasteiger partial charge in [-0.05, 0) is 17.7 Å². The molecule has 1 atom stereocenters. The zero-order chi connectivity index (χ0) is 14.2. The Labute approximate surface area is 116 Å². The lowest BCUT2D eigenvalue weighted by Gasteiger charge is -2.27. The first-order valence-corrected chi connectivity index (χ1v) is 7.64. The number of hydrogen-bond acceptors (Lipinski definition) is 4. The summed E-state index contributed by atoms with van der Waals surface area (Å²) in [5, 5.41) is 10.7. The first-order chi connectivity index (χ1) is 9.65. The third kappa shape index (κ3) is 1.94. The van der Waals surface area contributed by atoms with Crippen LogP contribution in [0.25, 0.3) is 11.1 Å². The molecule has 102 valence electrons. The summed E-state index contributed by atoms with van der Waals surface area (Å²) in [6, 6.07) is 15.9. The molecule has 0 saturated carbocycles. The van der Waals surface area contributed by atoms with Crippen LogP contribution in [0, 0.1) is 0 Å². The third-order valence-corrected chi connectivity index (χ3v) is 5.08. The van der Waals surface area contributed by atoms with E-state index in [-0.39, 0.29) is 11.1 Å². The molecule has 0 amide bonds. The quantitative estimate of drug-likeness (QED) is 0.837. The summed E-state index contributed by atoms with van der Waals surface area (Å²) in [5.41, 5.74) is 1.12. The van der Waals surface area contributed by atoms with Crippen LogP contribution in [0.2, 0.25) is 0 Å². The van der Waals surface area contributed by atoms with Gasteiger partial charge in [0.05, 0.1) is 5.56 Å². The fraction of sp³-hybridized carbons (Fsp3) is 0.0667. The van der Waals surface area contributed by atoms with Gasteiger partial charge in [-0.25, -0.2) is 4.57 Å². The van der Waals surface area contributed by atoms with Gasteiger partial charge in [0.25, 0.3) is 0 Å². The second-order valence-corrected chi connectivity index (χ2v) is 6.32. The molecular formula is C15H13O4P. The van der Waals surface area contributed by atoms with Crippen LogP contribution in [0.15, 0.2) is 54.6 Å². The average Bonchev–Trinajstić information content (AvgIpc) is 2.48. The lowest BCUT2D eigenvalue weighted by atomic mass is 10.1. The van der Waals surface area contributed by atoms with Crippen LogP contribution < -0.4 is 4.52 Å². The Hall–Kier alpha value is -2.03. The van der Waals surface area contributed by atoms with E-state index in [1.807, 2.05) is 6.07 Å². The van der Waals surface area contributed by atoms with Crippen LogP contribution in [0.3, 0.4) is 0 Å². The van der Waals surface area contributed by atoms with Gasteiger partial charge in [0, 0.05) is 7.11 Å². The summed E-state index contributed by atoms with van der Waals surface area (Å²) in [6.07, 6.45) is 0. The molecule has 20 heavy (non-hydrogen) atoms. The maximum absolute atomic E-state index is 12.8. The average molecular weight is 288 g/mol. The highest BCUT2D eigenvalue weighted by Crippen LogP contribution is 2.65. The molecule has 4 nitrogen and oxygen atoms in total. The molecule has 1 aliphatic rings. The van der Waals surface area contributed by atoms with E-state index in [0.29, 0.717) is 16.9 Å². The van der Waals surface area contributed by atoms with E-state index in [9.17, 15) is 9.67 Å². The van der Waals surface area contributed by atoms with Crippen molar-refractivity contribution < 1.29 is 18.7 Å². The van der Waals surface area contributed by atoms with Gasteiger partial charge in [0.1, 0.15) is 16.8 Å². The fourth-order valence-electron chi connectivity index (χ4n) is 2.19. The van der Waals surface area contributed by atoms with Crippen LogP contribution in [0.4, 0.5) is 0 Å². The van der Waals surface area contributed by atoms with E-state index in [2.05, 4.69) is 0 Å². The van der Waals surface area contributed by atoms with Crippen molar-refractivity contribution in [2.45, 2.75) is 0 Å². The largest absolute Gasteiger partial charge is 0.506 e. The highest BCUT2D eigenvalue weighted by atomic mass is 31.2. The molecule has 1 heterocycles. The number of aliphatic hydroxyl groups is 1. The van der Waals surface area contributed by atoms with Crippen LogP contribution >= 0.6 is 7.60 Å². The van der Waals surface area contributed by atoms with E-state index >= 15 is 0 Å². The van der Waals surface area contributed by atoms with Crippen molar-refractivity contribution in [2.24, 2.45) is 0 Å². The summed E-state index contributed by atoms with van der Waals surface area (Å²) in [6.45, 7) is 0. The number of rotatable bonds is 2.